The Labute approximate surface area is 121 Å². The zero-order valence-corrected chi connectivity index (χ0v) is 12.1. The largest absolute Gasteiger partial charge is 0.493 e. The van der Waals surface area contributed by atoms with Crippen LogP contribution in [0.25, 0.3) is 0 Å². The second-order valence-corrected chi connectivity index (χ2v) is 6.19. The molecule has 1 aromatic carbocycles. The molecular formula is C17H25NO2. The van der Waals surface area contributed by atoms with Crippen LogP contribution in [0, 0.1) is 11.8 Å². The lowest BCUT2D eigenvalue weighted by Gasteiger charge is -2.13. The number of nitrogens with two attached hydrogens (primary N) is 1. The van der Waals surface area contributed by atoms with E-state index in [1.165, 1.54) is 36.8 Å². The molecule has 0 radical (unpaired) electrons. The maximum absolute atomic E-state index is 5.96. The molecule has 3 nitrogen and oxygen atoms in total. The van der Waals surface area contributed by atoms with E-state index >= 15 is 0 Å². The van der Waals surface area contributed by atoms with E-state index in [2.05, 4.69) is 18.2 Å². The van der Waals surface area contributed by atoms with Crippen LogP contribution in [0.4, 0.5) is 0 Å². The van der Waals surface area contributed by atoms with E-state index < -0.39 is 0 Å². The van der Waals surface area contributed by atoms with Gasteiger partial charge in [0.2, 0.25) is 0 Å². The average molecular weight is 275 g/mol. The first-order valence-electron chi connectivity index (χ1n) is 7.87. The summed E-state index contributed by atoms with van der Waals surface area (Å²) in [7, 11) is 0. The van der Waals surface area contributed by atoms with Crippen molar-refractivity contribution in [2.24, 2.45) is 17.6 Å². The van der Waals surface area contributed by atoms with Crippen LogP contribution < -0.4 is 10.5 Å². The van der Waals surface area contributed by atoms with E-state index in [1.54, 1.807) is 0 Å². The molecule has 0 heterocycles. The van der Waals surface area contributed by atoms with Crippen LogP contribution in [0.5, 0.6) is 5.75 Å². The van der Waals surface area contributed by atoms with Gasteiger partial charge in [-0.15, -0.1) is 0 Å². The molecule has 0 atom stereocenters. The summed E-state index contributed by atoms with van der Waals surface area (Å²) >= 11 is 0. The SMILES string of the molecule is NCCc1ccc(OCC2CC2)c(COCC2CC2)c1. The molecule has 2 N–H and O–H groups in total. The molecule has 0 bridgehead atoms. The van der Waals surface area contributed by atoms with Crippen molar-refractivity contribution in [2.75, 3.05) is 19.8 Å². The molecule has 2 aliphatic rings. The van der Waals surface area contributed by atoms with Crippen molar-refractivity contribution in [3.05, 3.63) is 29.3 Å². The lowest BCUT2D eigenvalue weighted by Crippen LogP contribution is -2.07. The van der Waals surface area contributed by atoms with Crippen LogP contribution in [0.2, 0.25) is 0 Å². The highest BCUT2D eigenvalue weighted by Gasteiger charge is 2.23. The first kappa shape index (κ1) is 13.9. The highest BCUT2D eigenvalue weighted by molar-refractivity contribution is 5.37. The summed E-state index contributed by atoms with van der Waals surface area (Å²) in [6.45, 7) is 3.09. The Balaban J connectivity index is 1.60. The van der Waals surface area contributed by atoms with Gasteiger partial charge in [-0.1, -0.05) is 6.07 Å². The monoisotopic (exact) mass is 275 g/mol. The van der Waals surface area contributed by atoms with E-state index in [0.29, 0.717) is 13.2 Å². The Hall–Kier alpha value is -1.06. The summed E-state index contributed by atoms with van der Waals surface area (Å²) in [6, 6.07) is 6.41. The lowest BCUT2D eigenvalue weighted by molar-refractivity contribution is 0.108. The Morgan fingerprint density at radius 2 is 1.80 bits per heavy atom. The van der Waals surface area contributed by atoms with Crippen molar-refractivity contribution >= 4 is 0 Å². The van der Waals surface area contributed by atoms with Gasteiger partial charge in [0.15, 0.2) is 0 Å². The minimum Gasteiger partial charge on any atom is -0.493 e. The van der Waals surface area contributed by atoms with Crippen molar-refractivity contribution < 1.29 is 9.47 Å². The van der Waals surface area contributed by atoms with Gasteiger partial charge in [-0.2, -0.15) is 0 Å². The Morgan fingerprint density at radius 3 is 2.50 bits per heavy atom. The molecular weight excluding hydrogens is 250 g/mol. The van der Waals surface area contributed by atoms with Crippen molar-refractivity contribution in [3.8, 4) is 5.75 Å². The first-order valence-corrected chi connectivity index (χ1v) is 7.87. The standard InChI is InChI=1S/C17H25NO2/c18-8-7-13-5-6-17(20-11-15-3-4-15)16(9-13)12-19-10-14-1-2-14/h5-6,9,14-15H,1-4,7-8,10-12,18H2. The first-order chi connectivity index (χ1) is 9.85. The third kappa shape index (κ3) is 4.22. The molecule has 110 valence electrons. The van der Waals surface area contributed by atoms with E-state index in [0.717, 1.165) is 37.2 Å². The molecule has 0 spiro atoms. The maximum Gasteiger partial charge on any atom is 0.124 e. The van der Waals surface area contributed by atoms with Crippen LogP contribution in [0.1, 0.15) is 36.8 Å². The van der Waals surface area contributed by atoms with E-state index in [1.807, 2.05) is 0 Å². The van der Waals surface area contributed by atoms with Gasteiger partial charge in [-0.25, -0.2) is 0 Å². The van der Waals surface area contributed by atoms with Crippen LogP contribution in [0.15, 0.2) is 18.2 Å². The second kappa shape index (κ2) is 6.59. The molecule has 2 aliphatic carbocycles. The van der Waals surface area contributed by atoms with Crippen LogP contribution in [-0.2, 0) is 17.8 Å². The van der Waals surface area contributed by atoms with Gasteiger partial charge in [0.1, 0.15) is 5.75 Å². The predicted molar refractivity (Wildman–Crippen MR) is 79.8 cm³/mol. The molecule has 3 heteroatoms. The average Bonchev–Trinajstić information content (AvgIpc) is 3.33. The van der Waals surface area contributed by atoms with Crippen molar-refractivity contribution in [3.63, 3.8) is 0 Å². The molecule has 2 saturated carbocycles. The number of hydrogen-bond acceptors (Lipinski definition) is 3. The summed E-state index contributed by atoms with van der Waals surface area (Å²) < 4.78 is 11.8. The normalized spacial score (nSPS) is 18.2. The number of benzene rings is 1. The minimum atomic E-state index is 0.662. The quantitative estimate of drug-likeness (QED) is 0.753. The molecule has 0 aliphatic heterocycles. The van der Waals surface area contributed by atoms with Crippen LogP contribution >= 0.6 is 0 Å². The third-order valence-electron chi connectivity index (χ3n) is 4.04. The number of ether oxygens (including phenoxy) is 2. The van der Waals surface area contributed by atoms with Crippen molar-refractivity contribution in [1.29, 1.82) is 0 Å². The number of hydrogen-bond donors (Lipinski definition) is 1. The van der Waals surface area contributed by atoms with Gasteiger partial charge in [0.05, 0.1) is 13.2 Å². The van der Waals surface area contributed by atoms with Gasteiger partial charge in [-0.05, 0) is 68.2 Å². The fourth-order valence-electron chi connectivity index (χ4n) is 2.32. The molecule has 1 aromatic rings. The fraction of sp³-hybridized carbons (Fsp3) is 0.647. The molecule has 0 saturated heterocycles. The Morgan fingerprint density at radius 1 is 1.05 bits per heavy atom. The summed E-state index contributed by atoms with van der Waals surface area (Å²) in [5.41, 5.74) is 8.09. The van der Waals surface area contributed by atoms with Gasteiger partial charge < -0.3 is 15.2 Å². The number of rotatable bonds is 9. The van der Waals surface area contributed by atoms with Crippen molar-refractivity contribution in [2.45, 2.75) is 38.7 Å². The lowest BCUT2D eigenvalue weighted by atomic mass is 10.1. The smallest absolute Gasteiger partial charge is 0.124 e. The fourth-order valence-corrected chi connectivity index (χ4v) is 2.32. The highest BCUT2D eigenvalue weighted by Crippen LogP contribution is 2.32. The topological polar surface area (TPSA) is 44.5 Å². The Bertz CT molecular complexity index is 439. The molecule has 0 aromatic heterocycles. The summed E-state index contributed by atoms with van der Waals surface area (Å²) in [5.74, 6) is 2.57. The minimum absolute atomic E-state index is 0.662. The van der Waals surface area contributed by atoms with Crippen molar-refractivity contribution in [1.82, 2.24) is 0 Å². The van der Waals surface area contributed by atoms with Gasteiger partial charge in [0, 0.05) is 12.2 Å². The molecule has 3 rings (SSSR count). The Kier molecular flexibility index (Phi) is 4.58. The predicted octanol–water partition coefficient (Wildman–Crippen LogP) is 2.90. The van der Waals surface area contributed by atoms with Gasteiger partial charge in [0.25, 0.3) is 0 Å². The van der Waals surface area contributed by atoms with E-state index in [-0.39, 0.29) is 0 Å². The second-order valence-electron chi connectivity index (χ2n) is 6.19. The maximum atomic E-state index is 5.96. The molecule has 20 heavy (non-hydrogen) atoms. The molecule has 0 amide bonds. The highest BCUT2D eigenvalue weighted by atomic mass is 16.5. The third-order valence-corrected chi connectivity index (χ3v) is 4.04. The van der Waals surface area contributed by atoms with Crippen LogP contribution in [-0.4, -0.2) is 19.8 Å². The van der Waals surface area contributed by atoms with Crippen LogP contribution in [0.3, 0.4) is 0 Å². The summed E-state index contributed by atoms with van der Waals surface area (Å²) in [5, 5.41) is 0. The zero-order valence-electron chi connectivity index (χ0n) is 12.1. The summed E-state index contributed by atoms with van der Waals surface area (Å²) in [6.07, 6.45) is 6.21. The van der Waals surface area contributed by atoms with E-state index in [9.17, 15) is 0 Å². The molecule has 2 fully saturated rings. The summed E-state index contributed by atoms with van der Waals surface area (Å²) in [4.78, 5) is 0. The van der Waals surface area contributed by atoms with Gasteiger partial charge >= 0.3 is 0 Å². The van der Waals surface area contributed by atoms with E-state index in [4.69, 9.17) is 15.2 Å². The zero-order chi connectivity index (χ0) is 13.8. The van der Waals surface area contributed by atoms with Gasteiger partial charge in [-0.3, -0.25) is 0 Å². The molecule has 0 unspecified atom stereocenters.